The maximum atomic E-state index is 3.55. The smallest absolute Gasteiger partial charge is 0.110 e. The fourth-order valence-electron chi connectivity index (χ4n) is 2.37. The standard InChI is InChI=1S/C16H20N4/c1-3-7-14(8-4-1)18-16-13-17-11-12-20(16)19-15-9-5-2-6-10-15/h1-10,16-19H,11-13H2. The van der Waals surface area contributed by atoms with E-state index >= 15 is 0 Å². The van der Waals surface area contributed by atoms with Crippen molar-refractivity contribution in [3.63, 3.8) is 0 Å². The van der Waals surface area contributed by atoms with Crippen molar-refractivity contribution in [2.24, 2.45) is 0 Å². The van der Waals surface area contributed by atoms with Crippen molar-refractivity contribution >= 4 is 11.4 Å². The molecule has 4 heteroatoms. The Morgan fingerprint density at radius 1 is 0.900 bits per heavy atom. The van der Waals surface area contributed by atoms with Crippen molar-refractivity contribution in [2.45, 2.75) is 6.17 Å². The van der Waals surface area contributed by atoms with E-state index < -0.39 is 0 Å². The van der Waals surface area contributed by atoms with Crippen molar-refractivity contribution < 1.29 is 0 Å². The minimum absolute atomic E-state index is 0.228. The van der Waals surface area contributed by atoms with Crippen molar-refractivity contribution in [1.29, 1.82) is 0 Å². The maximum absolute atomic E-state index is 3.55. The Morgan fingerprint density at radius 3 is 2.25 bits per heavy atom. The molecule has 0 radical (unpaired) electrons. The molecule has 1 atom stereocenters. The number of nitrogens with zero attached hydrogens (tertiary/aromatic N) is 1. The molecule has 1 fully saturated rings. The van der Waals surface area contributed by atoms with E-state index in [4.69, 9.17) is 0 Å². The van der Waals surface area contributed by atoms with Gasteiger partial charge in [0.25, 0.3) is 0 Å². The Morgan fingerprint density at radius 2 is 1.55 bits per heavy atom. The summed E-state index contributed by atoms with van der Waals surface area (Å²) >= 11 is 0. The number of nitrogens with one attached hydrogen (secondary N) is 3. The van der Waals surface area contributed by atoms with Crippen LogP contribution in [0.3, 0.4) is 0 Å². The first-order valence-electron chi connectivity index (χ1n) is 7.02. The molecule has 1 saturated heterocycles. The highest BCUT2D eigenvalue weighted by Crippen LogP contribution is 2.13. The third-order valence-corrected chi connectivity index (χ3v) is 3.40. The van der Waals surface area contributed by atoms with Crippen LogP contribution in [0.2, 0.25) is 0 Å². The number of piperazine rings is 1. The van der Waals surface area contributed by atoms with Crippen LogP contribution in [0.4, 0.5) is 11.4 Å². The summed E-state index contributed by atoms with van der Waals surface area (Å²) in [7, 11) is 0. The molecule has 3 N–H and O–H groups in total. The molecular formula is C16H20N4. The van der Waals surface area contributed by atoms with E-state index in [2.05, 4.69) is 45.3 Å². The van der Waals surface area contributed by atoms with Crippen molar-refractivity contribution in [2.75, 3.05) is 30.4 Å². The number of hydrogen-bond donors (Lipinski definition) is 3. The molecule has 1 unspecified atom stereocenters. The third-order valence-electron chi connectivity index (χ3n) is 3.40. The summed E-state index contributed by atoms with van der Waals surface area (Å²) in [5, 5.41) is 9.23. The molecule has 2 aromatic rings. The van der Waals surface area contributed by atoms with Crippen LogP contribution in [0, 0.1) is 0 Å². The molecule has 0 spiro atoms. The lowest BCUT2D eigenvalue weighted by Crippen LogP contribution is -2.56. The van der Waals surface area contributed by atoms with E-state index in [0.29, 0.717) is 0 Å². The Hall–Kier alpha value is -2.04. The molecule has 3 rings (SSSR count). The second-order valence-corrected chi connectivity index (χ2v) is 4.90. The van der Waals surface area contributed by atoms with Crippen LogP contribution in [-0.2, 0) is 0 Å². The molecule has 0 bridgehead atoms. The summed E-state index contributed by atoms with van der Waals surface area (Å²) in [6.07, 6.45) is 0.228. The fourth-order valence-corrected chi connectivity index (χ4v) is 2.37. The average Bonchev–Trinajstić information content (AvgIpc) is 2.51. The zero-order valence-corrected chi connectivity index (χ0v) is 11.4. The lowest BCUT2D eigenvalue weighted by molar-refractivity contribution is 0.218. The topological polar surface area (TPSA) is 39.3 Å². The summed E-state index contributed by atoms with van der Waals surface area (Å²) in [5.74, 6) is 0. The first kappa shape index (κ1) is 13.0. The zero-order valence-electron chi connectivity index (χ0n) is 11.4. The van der Waals surface area contributed by atoms with Gasteiger partial charge in [-0.2, -0.15) is 5.01 Å². The molecule has 20 heavy (non-hydrogen) atoms. The minimum Gasteiger partial charge on any atom is -0.367 e. The number of hydrazine groups is 1. The number of benzene rings is 2. The van der Waals surface area contributed by atoms with Gasteiger partial charge in [0.05, 0.1) is 0 Å². The van der Waals surface area contributed by atoms with Gasteiger partial charge in [-0.15, -0.1) is 0 Å². The molecule has 1 aliphatic rings. The molecule has 0 aliphatic carbocycles. The molecule has 0 aromatic heterocycles. The second-order valence-electron chi connectivity index (χ2n) is 4.90. The highest BCUT2D eigenvalue weighted by molar-refractivity contribution is 5.45. The molecule has 104 valence electrons. The summed E-state index contributed by atoms with van der Waals surface area (Å²) in [5.41, 5.74) is 5.74. The Kier molecular flexibility index (Phi) is 4.16. The molecule has 1 aliphatic heterocycles. The Bertz CT molecular complexity index is 465. The van der Waals surface area contributed by atoms with E-state index in [1.807, 2.05) is 36.4 Å². The SMILES string of the molecule is c1ccc(NC2CNCCN2Nc2ccccc2)cc1. The van der Waals surface area contributed by atoms with Crippen LogP contribution in [-0.4, -0.2) is 30.8 Å². The van der Waals surface area contributed by atoms with E-state index in [-0.39, 0.29) is 6.17 Å². The van der Waals surface area contributed by atoms with Gasteiger partial charge in [0.15, 0.2) is 0 Å². The molecular weight excluding hydrogens is 248 g/mol. The summed E-state index contributed by atoms with van der Waals surface area (Å²) in [4.78, 5) is 0. The zero-order chi connectivity index (χ0) is 13.6. The van der Waals surface area contributed by atoms with E-state index in [1.165, 1.54) is 0 Å². The Labute approximate surface area is 119 Å². The van der Waals surface area contributed by atoms with Gasteiger partial charge < -0.3 is 16.1 Å². The number of para-hydroxylation sites is 2. The summed E-state index contributed by atoms with van der Waals surface area (Å²) in [6, 6.07) is 20.6. The molecule has 2 aromatic carbocycles. The molecule has 0 amide bonds. The number of anilines is 2. The lowest BCUT2D eigenvalue weighted by Gasteiger charge is -2.37. The van der Waals surface area contributed by atoms with E-state index in [1.54, 1.807) is 0 Å². The average molecular weight is 268 g/mol. The van der Waals surface area contributed by atoms with Crippen LogP contribution in [0.25, 0.3) is 0 Å². The van der Waals surface area contributed by atoms with E-state index in [9.17, 15) is 0 Å². The monoisotopic (exact) mass is 268 g/mol. The lowest BCUT2D eigenvalue weighted by atomic mass is 10.3. The normalized spacial score (nSPS) is 19.5. The van der Waals surface area contributed by atoms with Crippen LogP contribution in [0.1, 0.15) is 0 Å². The van der Waals surface area contributed by atoms with Crippen molar-refractivity contribution in [3.05, 3.63) is 60.7 Å². The predicted molar refractivity (Wildman–Crippen MR) is 83.5 cm³/mol. The minimum atomic E-state index is 0.228. The van der Waals surface area contributed by atoms with Crippen LogP contribution in [0.5, 0.6) is 0 Å². The van der Waals surface area contributed by atoms with E-state index in [0.717, 1.165) is 31.0 Å². The third kappa shape index (κ3) is 3.29. The van der Waals surface area contributed by atoms with Gasteiger partial charge in [-0.3, -0.25) is 0 Å². The number of rotatable bonds is 4. The van der Waals surface area contributed by atoms with Crippen LogP contribution in [0.15, 0.2) is 60.7 Å². The van der Waals surface area contributed by atoms with Gasteiger partial charge in [-0.25, -0.2) is 0 Å². The van der Waals surface area contributed by atoms with Gasteiger partial charge in [0, 0.05) is 31.0 Å². The number of hydrogen-bond acceptors (Lipinski definition) is 4. The largest absolute Gasteiger partial charge is 0.367 e. The van der Waals surface area contributed by atoms with Gasteiger partial charge >= 0.3 is 0 Å². The first-order chi connectivity index (χ1) is 9.92. The van der Waals surface area contributed by atoms with Gasteiger partial charge in [0.1, 0.15) is 6.17 Å². The van der Waals surface area contributed by atoms with Gasteiger partial charge in [-0.05, 0) is 24.3 Å². The quantitative estimate of drug-likeness (QED) is 0.796. The first-order valence-corrected chi connectivity index (χ1v) is 7.02. The molecule has 0 saturated carbocycles. The van der Waals surface area contributed by atoms with Crippen LogP contribution >= 0.6 is 0 Å². The molecule has 4 nitrogen and oxygen atoms in total. The fraction of sp³-hybridized carbons (Fsp3) is 0.250. The van der Waals surface area contributed by atoms with Gasteiger partial charge in [0.2, 0.25) is 0 Å². The summed E-state index contributed by atoms with van der Waals surface area (Å²) in [6.45, 7) is 2.86. The second kappa shape index (κ2) is 6.41. The van der Waals surface area contributed by atoms with Gasteiger partial charge in [-0.1, -0.05) is 36.4 Å². The molecule has 1 heterocycles. The van der Waals surface area contributed by atoms with Crippen LogP contribution < -0.4 is 16.1 Å². The highest BCUT2D eigenvalue weighted by Gasteiger charge is 2.21. The Balaban J connectivity index is 1.68. The van der Waals surface area contributed by atoms with Crippen molar-refractivity contribution in [3.8, 4) is 0 Å². The van der Waals surface area contributed by atoms with Crippen molar-refractivity contribution in [1.82, 2.24) is 10.3 Å². The predicted octanol–water partition coefficient (Wildman–Crippen LogP) is 2.36. The maximum Gasteiger partial charge on any atom is 0.110 e. The highest BCUT2D eigenvalue weighted by atomic mass is 15.6. The summed E-state index contributed by atoms with van der Waals surface area (Å²) < 4.78 is 0.